The summed E-state index contributed by atoms with van der Waals surface area (Å²) in [7, 11) is 0. The topological polar surface area (TPSA) is 236 Å². The molecule has 416 valence electrons. The predicted octanol–water partition coefficient (Wildman–Crippen LogP) is 9.91. The third-order valence-corrected chi connectivity index (χ3v) is 16.7. The van der Waals surface area contributed by atoms with Gasteiger partial charge in [0.1, 0.15) is 17.5 Å². The first-order valence-corrected chi connectivity index (χ1v) is 26.8. The van der Waals surface area contributed by atoms with E-state index in [2.05, 4.69) is 9.97 Å². The molecule has 0 spiro atoms. The summed E-state index contributed by atoms with van der Waals surface area (Å²) < 4.78 is 46.7. The fraction of sp³-hybridized carbons (Fsp3) is 0.231. The number of allylic oxidation sites excluding steroid dienone is 2. The number of fused-ring (bicyclic) bond motifs is 7. The van der Waals surface area contributed by atoms with E-state index in [9.17, 15) is 47.8 Å². The van der Waals surface area contributed by atoms with Gasteiger partial charge in [-0.3, -0.25) is 19.2 Å². The second kappa shape index (κ2) is 19.8. The number of amides is 2. The average molecular weight is 1110 g/mol. The molecule has 2 amide bonds. The van der Waals surface area contributed by atoms with Gasteiger partial charge in [0.25, 0.3) is 11.1 Å². The van der Waals surface area contributed by atoms with Gasteiger partial charge in [-0.15, -0.1) is 0 Å². The Bertz CT molecular complexity index is 4590. The number of carbonyl (C=O) groups is 2. The largest absolute Gasteiger partial charge is 0.390 e. The summed E-state index contributed by atoms with van der Waals surface area (Å²) in [5.41, 5.74) is 19.3. The normalized spacial score (nSPS) is 14.6. The molecule has 0 fully saturated rings. The van der Waals surface area contributed by atoms with Crippen molar-refractivity contribution in [3.8, 4) is 44.8 Å². The number of H-pyrrole nitrogens is 2. The SMILES string of the molecule is Cc1c(-c2c(F)cc(C(N)=O)c3c2C2=C(C3)C[C@H](C(C)(C)O)CC2)cccc1-n1c(=O)[nH]c2c(F)cccc2c1=O.Cc1cc(C(N)=O)c2c(c1-c1cccc(-n3c(=O)[nH]c4c(F)cccc4c3=O)c1C)-c1ccc(C(C)(C)O)cc1C2. The van der Waals surface area contributed by atoms with Gasteiger partial charge in [0, 0.05) is 16.7 Å². The van der Waals surface area contributed by atoms with Gasteiger partial charge in [0.2, 0.25) is 11.8 Å². The third-order valence-electron chi connectivity index (χ3n) is 16.7. The minimum Gasteiger partial charge on any atom is -0.390 e. The third kappa shape index (κ3) is 8.91. The van der Waals surface area contributed by atoms with E-state index in [1.54, 1.807) is 71.0 Å². The monoisotopic (exact) mass is 1110 g/mol. The van der Waals surface area contributed by atoms with Crippen molar-refractivity contribution in [2.24, 2.45) is 17.4 Å². The number of nitrogens with zero attached hydrogens (tertiary/aromatic N) is 2. The van der Waals surface area contributed by atoms with Crippen molar-refractivity contribution in [3.05, 3.63) is 223 Å². The summed E-state index contributed by atoms with van der Waals surface area (Å²) in [6.45, 7) is 12.4. The Morgan fingerprint density at radius 3 is 1.63 bits per heavy atom. The summed E-state index contributed by atoms with van der Waals surface area (Å²) in [5, 5.41) is 21.3. The van der Waals surface area contributed by atoms with Crippen LogP contribution in [0.2, 0.25) is 0 Å². The Balaban J connectivity index is 0.000000172. The molecule has 0 saturated carbocycles. The molecule has 0 radical (unpaired) electrons. The van der Waals surface area contributed by atoms with Crippen molar-refractivity contribution in [1.82, 2.24) is 19.1 Å². The molecule has 8 N–H and O–H groups in total. The Hall–Kier alpha value is -9.19. The maximum absolute atomic E-state index is 16.1. The van der Waals surface area contributed by atoms with Crippen LogP contribution in [0, 0.1) is 44.1 Å². The van der Waals surface area contributed by atoms with Crippen molar-refractivity contribution >= 4 is 39.2 Å². The van der Waals surface area contributed by atoms with Gasteiger partial charge in [-0.25, -0.2) is 31.9 Å². The first-order chi connectivity index (χ1) is 38.8. The lowest BCUT2D eigenvalue weighted by atomic mass is 9.75. The van der Waals surface area contributed by atoms with Crippen LogP contribution in [0.3, 0.4) is 0 Å². The molecular formula is C65H57F3N6O8. The highest BCUT2D eigenvalue weighted by Crippen LogP contribution is 2.52. The molecule has 82 heavy (non-hydrogen) atoms. The van der Waals surface area contributed by atoms with Gasteiger partial charge in [-0.1, -0.05) is 60.2 Å². The van der Waals surface area contributed by atoms with Crippen molar-refractivity contribution in [2.45, 2.75) is 91.8 Å². The minimum absolute atomic E-state index is 0.00523. The van der Waals surface area contributed by atoms with E-state index >= 15 is 4.39 Å². The van der Waals surface area contributed by atoms with Crippen molar-refractivity contribution in [3.63, 3.8) is 0 Å². The van der Waals surface area contributed by atoms with Gasteiger partial charge in [-0.05, 0) is 213 Å². The van der Waals surface area contributed by atoms with Gasteiger partial charge < -0.3 is 31.6 Å². The second-order valence-electron chi connectivity index (χ2n) is 22.7. The minimum atomic E-state index is -1.04. The maximum atomic E-state index is 16.1. The van der Waals surface area contributed by atoms with Crippen LogP contribution in [0.15, 0.2) is 128 Å². The number of hydrogen-bond acceptors (Lipinski definition) is 8. The number of nitrogens with one attached hydrogen (secondary N) is 2. The number of rotatable bonds is 8. The number of carbonyl (C=O) groups excluding carboxylic acids is 2. The zero-order valence-electron chi connectivity index (χ0n) is 46.0. The molecule has 14 nitrogen and oxygen atoms in total. The Labute approximate surface area is 466 Å². The highest BCUT2D eigenvalue weighted by molar-refractivity contribution is 6.04. The van der Waals surface area contributed by atoms with E-state index in [0.29, 0.717) is 71.2 Å². The Kier molecular flexibility index (Phi) is 13.2. The number of aliphatic hydroxyl groups is 2. The smallest absolute Gasteiger partial charge is 0.333 e. The van der Waals surface area contributed by atoms with Crippen molar-refractivity contribution in [1.29, 1.82) is 0 Å². The molecule has 2 heterocycles. The summed E-state index contributed by atoms with van der Waals surface area (Å²) in [5.74, 6) is -3.28. The molecule has 0 aliphatic heterocycles. The second-order valence-corrected chi connectivity index (χ2v) is 22.7. The number of aromatic nitrogens is 4. The van der Waals surface area contributed by atoms with E-state index in [1.807, 2.05) is 38.1 Å². The van der Waals surface area contributed by atoms with Crippen LogP contribution in [0.1, 0.15) is 112 Å². The summed E-state index contributed by atoms with van der Waals surface area (Å²) in [6, 6.07) is 27.1. The highest BCUT2D eigenvalue weighted by Gasteiger charge is 2.39. The van der Waals surface area contributed by atoms with Gasteiger partial charge in [0.05, 0.1) is 44.4 Å². The molecular weight excluding hydrogens is 1050 g/mol. The van der Waals surface area contributed by atoms with Crippen LogP contribution in [0.4, 0.5) is 13.2 Å². The average Bonchev–Trinajstić information content (AvgIpc) is 4.17. The summed E-state index contributed by atoms with van der Waals surface area (Å²) in [4.78, 5) is 82.9. The van der Waals surface area contributed by atoms with E-state index in [1.165, 1.54) is 30.3 Å². The molecule has 2 aromatic heterocycles. The zero-order valence-corrected chi connectivity index (χ0v) is 46.0. The standard InChI is InChI=1S/C33H28FN3O4.C32H29F2N3O4/c1-16-13-24(30(35)38)23-15-18-14-19(33(3,4)41)11-12-21(18)28(23)27(16)20-7-6-10-26(17(20)2)37-31(39)22-8-5-9-25(34)29(22)36-32(37)40;1-15-18(6-5-9-25(15)37-30(39)20-7-4-8-23(33)28(20)36-31(37)40)27-24(34)14-22(29(35)38)21-13-16-12-17(32(2,3)41)10-11-19(16)26(21)27/h5-14,41H,15H2,1-4H3,(H2,35,38)(H,36,40);4-9,14,17,41H,10-13H2,1-3H3,(H2,35,38)(H,36,40)/t;17-/m.1/s1. The quantitative estimate of drug-likeness (QED) is 0.0854. The van der Waals surface area contributed by atoms with Crippen LogP contribution in [-0.2, 0) is 18.4 Å². The zero-order chi connectivity index (χ0) is 58.8. The highest BCUT2D eigenvalue weighted by atomic mass is 19.1. The number of aryl methyl sites for hydroxylation is 1. The predicted molar refractivity (Wildman–Crippen MR) is 310 cm³/mol. The summed E-state index contributed by atoms with van der Waals surface area (Å²) in [6.07, 6.45) is 2.80. The van der Waals surface area contributed by atoms with Gasteiger partial charge in [-0.2, -0.15) is 0 Å². The molecule has 0 unspecified atom stereocenters. The lowest BCUT2D eigenvalue weighted by Crippen LogP contribution is -2.34. The van der Waals surface area contributed by atoms with E-state index in [-0.39, 0.29) is 44.5 Å². The Morgan fingerprint density at radius 2 is 1.11 bits per heavy atom. The molecule has 0 bridgehead atoms. The molecule has 12 rings (SSSR count). The lowest BCUT2D eigenvalue weighted by Gasteiger charge is -2.33. The first kappa shape index (κ1) is 54.8. The molecule has 9 aromatic rings. The number of aromatic amines is 2. The molecule has 3 aliphatic carbocycles. The number of primary amides is 2. The lowest BCUT2D eigenvalue weighted by molar-refractivity contribution is 0.0122. The van der Waals surface area contributed by atoms with Crippen LogP contribution in [0.5, 0.6) is 0 Å². The maximum Gasteiger partial charge on any atom is 0.333 e. The number of nitrogens with two attached hydrogens (primary N) is 2. The fourth-order valence-electron chi connectivity index (χ4n) is 12.6. The summed E-state index contributed by atoms with van der Waals surface area (Å²) >= 11 is 0. The van der Waals surface area contributed by atoms with E-state index in [0.717, 1.165) is 76.9 Å². The van der Waals surface area contributed by atoms with Crippen molar-refractivity contribution in [2.75, 3.05) is 0 Å². The fourth-order valence-corrected chi connectivity index (χ4v) is 12.6. The molecule has 1 atom stereocenters. The molecule has 3 aliphatic rings. The number of para-hydroxylation sites is 2. The first-order valence-electron chi connectivity index (χ1n) is 26.8. The van der Waals surface area contributed by atoms with E-state index in [4.69, 9.17) is 11.5 Å². The van der Waals surface area contributed by atoms with Crippen LogP contribution < -0.4 is 34.0 Å². The van der Waals surface area contributed by atoms with Crippen LogP contribution >= 0.6 is 0 Å². The van der Waals surface area contributed by atoms with Crippen LogP contribution in [-0.4, -0.2) is 46.7 Å². The number of benzene rings is 7. The van der Waals surface area contributed by atoms with Gasteiger partial charge >= 0.3 is 11.4 Å². The molecule has 17 heteroatoms. The van der Waals surface area contributed by atoms with Crippen molar-refractivity contribution < 1.29 is 33.0 Å². The molecule has 0 saturated heterocycles. The molecule has 7 aromatic carbocycles. The van der Waals surface area contributed by atoms with E-state index < -0.39 is 63.0 Å². The Morgan fingerprint density at radius 1 is 0.598 bits per heavy atom. The van der Waals surface area contributed by atoms with Gasteiger partial charge in [0.15, 0.2) is 0 Å². The number of halogens is 3. The van der Waals surface area contributed by atoms with Crippen LogP contribution in [0.25, 0.3) is 72.1 Å². The number of hydrogen-bond donors (Lipinski definition) is 6.